The molecular weight excluding hydrogens is 222 g/mol. The Hall–Kier alpha value is -0.0800. The van der Waals surface area contributed by atoms with Gasteiger partial charge in [0.05, 0.1) is 6.10 Å². The highest BCUT2D eigenvalue weighted by molar-refractivity contribution is 5.00. The highest BCUT2D eigenvalue weighted by Crippen LogP contribution is 2.51. The lowest BCUT2D eigenvalue weighted by Gasteiger charge is -2.49. The number of aliphatic hydroxyl groups excluding tert-OH is 1. The van der Waals surface area contributed by atoms with Crippen molar-refractivity contribution in [2.75, 3.05) is 13.1 Å². The Morgan fingerprint density at radius 2 is 1.83 bits per heavy atom. The van der Waals surface area contributed by atoms with Crippen LogP contribution in [0.1, 0.15) is 64.7 Å². The molecule has 0 radical (unpaired) electrons. The summed E-state index contributed by atoms with van der Waals surface area (Å²) < 4.78 is 0. The Bertz CT molecular complexity index is 281. The smallest absolute Gasteiger partial charge is 0.0555 e. The van der Waals surface area contributed by atoms with E-state index in [1.807, 2.05) is 0 Å². The van der Waals surface area contributed by atoms with Crippen LogP contribution in [0.2, 0.25) is 0 Å². The topological polar surface area (TPSA) is 23.5 Å². The van der Waals surface area contributed by atoms with E-state index < -0.39 is 0 Å². The fourth-order valence-electron chi connectivity index (χ4n) is 4.55. The van der Waals surface area contributed by atoms with Crippen molar-refractivity contribution < 1.29 is 5.11 Å². The van der Waals surface area contributed by atoms with E-state index in [0.717, 1.165) is 18.8 Å². The summed E-state index contributed by atoms with van der Waals surface area (Å²) in [6, 6.07) is 0.675. The summed E-state index contributed by atoms with van der Waals surface area (Å²) in [5.41, 5.74) is 0.574. The summed E-state index contributed by atoms with van der Waals surface area (Å²) in [7, 11) is 0. The first-order chi connectivity index (χ1) is 8.73. The van der Waals surface area contributed by atoms with Gasteiger partial charge in [-0.3, -0.25) is 4.90 Å². The van der Waals surface area contributed by atoms with Crippen molar-refractivity contribution in [3.8, 4) is 0 Å². The Morgan fingerprint density at radius 3 is 2.44 bits per heavy atom. The van der Waals surface area contributed by atoms with Crippen molar-refractivity contribution in [2.45, 2.75) is 76.9 Å². The first kappa shape index (κ1) is 12.9. The van der Waals surface area contributed by atoms with Crippen molar-refractivity contribution in [3.63, 3.8) is 0 Å². The predicted octanol–water partition coefficient (Wildman–Crippen LogP) is 3.19. The number of aliphatic hydroxyl groups is 1. The highest BCUT2D eigenvalue weighted by Gasteiger charge is 2.47. The molecule has 18 heavy (non-hydrogen) atoms. The van der Waals surface area contributed by atoms with Gasteiger partial charge in [0.25, 0.3) is 0 Å². The summed E-state index contributed by atoms with van der Waals surface area (Å²) in [6.07, 6.45) is 11.9. The first-order valence-electron chi connectivity index (χ1n) is 8.15. The summed E-state index contributed by atoms with van der Waals surface area (Å²) in [4.78, 5) is 2.73. The number of rotatable bonds is 4. The summed E-state index contributed by atoms with van der Waals surface area (Å²) >= 11 is 0. The van der Waals surface area contributed by atoms with E-state index >= 15 is 0 Å². The van der Waals surface area contributed by atoms with E-state index in [2.05, 4.69) is 11.8 Å². The summed E-state index contributed by atoms with van der Waals surface area (Å²) in [5.74, 6) is 0.975. The van der Waals surface area contributed by atoms with Crippen LogP contribution in [0, 0.1) is 11.3 Å². The standard InChI is InChI=1S/C16H29NO/c1-2-17(12-13-5-6-13)15-11-14(18)7-10-16(15)8-3-4-9-16/h13-15,18H,2-12H2,1H3. The monoisotopic (exact) mass is 251 g/mol. The lowest BCUT2D eigenvalue weighted by Crippen LogP contribution is -2.52. The molecule has 2 unspecified atom stereocenters. The minimum absolute atomic E-state index is 0.0329. The molecule has 3 aliphatic carbocycles. The van der Waals surface area contributed by atoms with Crippen molar-refractivity contribution in [1.82, 2.24) is 4.90 Å². The van der Waals surface area contributed by atoms with Gasteiger partial charge in [0.1, 0.15) is 0 Å². The Morgan fingerprint density at radius 1 is 1.11 bits per heavy atom. The second-order valence-corrected chi connectivity index (χ2v) is 7.04. The van der Waals surface area contributed by atoms with E-state index in [1.54, 1.807) is 0 Å². The Labute approximate surface area is 112 Å². The number of hydrogen-bond acceptors (Lipinski definition) is 2. The molecule has 3 rings (SSSR count). The minimum atomic E-state index is -0.0329. The molecule has 0 aromatic rings. The van der Waals surface area contributed by atoms with Crippen molar-refractivity contribution in [2.24, 2.45) is 11.3 Å². The van der Waals surface area contributed by atoms with Crippen molar-refractivity contribution in [3.05, 3.63) is 0 Å². The molecule has 0 amide bonds. The summed E-state index contributed by atoms with van der Waals surface area (Å²) in [6.45, 7) is 4.79. The predicted molar refractivity (Wildman–Crippen MR) is 74.5 cm³/mol. The Balaban J connectivity index is 1.74. The SMILES string of the molecule is CCN(CC1CC1)C1CC(O)CCC12CCCC2. The third-order valence-corrected chi connectivity index (χ3v) is 5.81. The number of nitrogens with zero attached hydrogens (tertiary/aromatic N) is 1. The Kier molecular flexibility index (Phi) is 3.68. The molecule has 104 valence electrons. The maximum absolute atomic E-state index is 10.1. The fourth-order valence-corrected chi connectivity index (χ4v) is 4.55. The molecule has 1 N–H and O–H groups in total. The van der Waals surface area contributed by atoms with E-state index in [-0.39, 0.29) is 6.10 Å². The molecule has 2 heteroatoms. The van der Waals surface area contributed by atoms with Crippen molar-refractivity contribution in [1.29, 1.82) is 0 Å². The normalized spacial score (nSPS) is 35.5. The molecule has 0 aromatic carbocycles. The van der Waals surface area contributed by atoms with Crippen LogP contribution in [0.4, 0.5) is 0 Å². The molecule has 3 saturated carbocycles. The zero-order valence-electron chi connectivity index (χ0n) is 11.9. The van der Waals surface area contributed by atoms with Crippen LogP contribution >= 0.6 is 0 Å². The van der Waals surface area contributed by atoms with E-state index in [4.69, 9.17) is 0 Å². The zero-order chi connectivity index (χ0) is 12.6. The lowest BCUT2D eigenvalue weighted by molar-refractivity contribution is -0.0263. The van der Waals surface area contributed by atoms with Gasteiger partial charge in [0, 0.05) is 12.6 Å². The summed E-state index contributed by atoms with van der Waals surface area (Å²) in [5, 5.41) is 10.1. The molecule has 2 atom stereocenters. The zero-order valence-corrected chi connectivity index (χ0v) is 11.9. The van der Waals surface area contributed by atoms with Gasteiger partial charge in [0.2, 0.25) is 0 Å². The highest BCUT2D eigenvalue weighted by atomic mass is 16.3. The second kappa shape index (κ2) is 5.13. The largest absolute Gasteiger partial charge is 0.393 e. The van der Waals surface area contributed by atoms with Crippen LogP contribution in [0.5, 0.6) is 0 Å². The molecule has 0 aromatic heterocycles. The average Bonchev–Trinajstić information content (AvgIpc) is 3.08. The molecular formula is C16H29NO. The van der Waals surface area contributed by atoms with Gasteiger partial charge in [-0.25, -0.2) is 0 Å². The third kappa shape index (κ3) is 2.46. The minimum Gasteiger partial charge on any atom is -0.393 e. The third-order valence-electron chi connectivity index (χ3n) is 5.81. The van der Waals surface area contributed by atoms with Gasteiger partial charge in [-0.2, -0.15) is 0 Å². The van der Waals surface area contributed by atoms with E-state index in [0.29, 0.717) is 11.5 Å². The molecule has 0 bridgehead atoms. The van der Waals surface area contributed by atoms with Crippen LogP contribution in [0.15, 0.2) is 0 Å². The molecule has 3 aliphatic rings. The van der Waals surface area contributed by atoms with Crippen LogP contribution in [0.25, 0.3) is 0 Å². The first-order valence-corrected chi connectivity index (χ1v) is 8.15. The quantitative estimate of drug-likeness (QED) is 0.829. The van der Waals surface area contributed by atoms with Gasteiger partial charge in [0.15, 0.2) is 0 Å². The maximum atomic E-state index is 10.1. The van der Waals surface area contributed by atoms with Gasteiger partial charge >= 0.3 is 0 Å². The molecule has 3 fully saturated rings. The van der Waals surface area contributed by atoms with Gasteiger partial charge in [-0.1, -0.05) is 19.8 Å². The molecule has 0 saturated heterocycles. The average molecular weight is 251 g/mol. The van der Waals surface area contributed by atoms with Crippen molar-refractivity contribution >= 4 is 0 Å². The van der Waals surface area contributed by atoms with E-state index in [9.17, 15) is 5.11 Å². The van der Waals surface area contributed by atoms with Gasteiger partial charge < -0.3 is 5.11 Å². The maximum Gasteiger partial charge on any atom is 0.0555 e. The second-order valence-electron chi connectivity index (χ2n) is 7.04. The van der Waals surface area contributed by atoms with E-state index in [1.165, 1.54) is 58.0 Å². The molecule has 2 nitrogen and oxygen atoms in total. The van der Waals surface area contributed by atoms with Crippen LogP contribution in [0.3, 0.4) is 0 Å². The van der Waals surface area contributed by atoms with Gasteiger partial charge in [-0.15, -0.1) is 0 Å². The molecule has 1 spiro atoms. The van der Waals surface area contributed by atoms with Gasteiger partial charge in [-0.05, 0) is 62.8 Å². The van der Waals surface area contributed by atoms with Crippen LogP contribution in [-0.4, -0.2) is 35.2 Å². The molecule has 0 aliphatic heterocycles. The van der Waals surface area contributed by atoms with Crippen LogP contribution < -0.4 is 0 Å². The lowest BCUT2D eigenvalue weighted by atomic mass is 9.67. The van der Waals surface area contributed by atoms with Crippen LogP contribution in [-0.2, 0) is 0 Å². The fraction of sp³-hybridized carbons (Fsp3) is 1.00. The number of hydrogen-bond donors (Lipinski definition) is 1. The molecule has 0 heterocycles.